The number of hydrogen-bond donors (Lipinski definition) is 1. The number of rotatable bonds is 9. The van der Waals surface area contributed by atoms with Crippen LogP contribution in [0.25, 0.3) is 0 Å². The van der Waals surface area contributed by atoms with E-state index in [-0.39, 0.29) is 5.91 Å². The van der Waals surface area contributed by atoms with E-state index in [9.17, 15) is 4.79 Å². The van der Waals surface area contributed by atoms with Crippen molar-refractivity contribution in [1.82, 2.24) is 5.32 Å². The smallest absolute Gasteiger partial charge is 0.260 e. The van der Waals surface area contributed by atoms with Crippen molar-refractivity contribution in [3.63, 3.8) is 0 Å². The molecule has 0 heterocycles. The molecule has 4 heteroatoms. The molecule has 1 aromatic carbocycles. The molecule has 1 aromatic rings. The summed E-state index contributed by atoms with van der Waals surface area (Å²) in [6.07, 6.45) is 1.21. The molecule has 1 rings (SSSR count). The third-order valence-corrected chi connectivity index (χ3v) is 3.00. The molecule has 0 unspecified atom stereocenters. The van der Waals surface area contributed by atoms with Gasteiger partial charge in [-0.25, -0.2) is 0 Å². The summed E-state index contributed by atoms with van der Waals surface area (Å²) in [6.45, 7) is 7.79. The molecule has 0 fully saturated rings. The molecule has 0 aliphatic carbocycles. The lowest BCUT2D eigenvalue weighted by molar-refractivity contribution is -0.127. The molecule has 0 bridgehead atoms. The standard InChI is InChI=1S/C16H25NO3/c1-4-14-9-6-7-10-15(14)20-13(3)16(18)17-11-8-12-19-5-2/h6-7,9-10,13H,4-5,8,11-12H2,1-3H3,(H,17,18)/t13-/m1/s1. The van der Waals surface area contributed by atoms with Gasteiger partial charge >= 0.3 is 0 Å². The average Bonchev–Trinajstić information content (AvgIpc) is 2.47. The highest BCUT2D eigenvalue weighted by atomic mass is 16.5. The van der Waals surface area contributed by atoms with Crippen molar-refractivity contribution in [3.8, 4) is 5.75 Å². The maximum Gasteiger partial charge on any atom is 0.260 e. The number of benzene rings is 1. The number of carbonyl (C=O) groups excluding carboxylic acids is 1. The van der Waals surface area contributed by atoms with Crippen LogP contribution >= 0.6 is 0 Å². The lowest BCUT2D eigenvalue weighted by atomic mass is 10.1. The number of carbonyl (C=O) groups is 1. The second-order valence-corrected chi connectivity index (χ2v) is 4.56. The SMILES string of the molecule is CCOCCCNC(=O)[C@@H](C)Oc1ccccc1CC. The second-order valence-electron chi connectivity index (χ2n) is 4.56. The van der Waals surface area contributed by atoms with Gasteiger partial charge in [-0.05, 0) is 38.3 Å². The fraction of sp³-hybridized carbons (Fsp3) is 0.562. The van der Waals surface area contributed by atoms with Gasteiger partial charge in [0.1, 0.15) is 5.75 Å². The first-order valence-electron chi connectivity index (χ1n) is 7.29. The first-order valence-corrected chi connectivity index (χ1v) is 7.29. The van der Waals surface area contributed by atoms with Crippen LogP contribution in [0, 0.1) is 0 Å². The normalized spacial score (nSPS) is 11.9. The Bertz CT molecular complexity index is 406. The Balaban J connectivity index is 2.37. The average molecular weight is 279 g/mol. The monoisotopic (exact) mass is 279 g/mol. The van der Waals surface area contributed by atoms with Crippen LogP contribution in [-0.2, 0) is 16.0 Å². The van der Waals surface area contributed by atoms with Crippen molar-refractivity contribution in [2.45, 2.75) is 39.7 Å². The zero-order valence-electron chi connectivity index (χ0n) is 12.6. The van der Waals surface area contributed by atoms with E-state index >= 15 is 0 Å². The first-order chi connectivity index (χ1) is 9.69. The van der Waals surface area contributed by atoms with Crippen LogP contribution in [-0.4, -0.2) is 31.8 Å². The van der Waals surface area contributed by atoms with Gasteiger partial charge in [-0.3, -0.25) is 4.79 Å². The van der Waals surface area contributed by atoms with Crippen LogP contribution in [0.15, 0.2) is 24.3 Å². The van der Waals surface area contributed by atoms with E-state index < -0.39 is 6.10 Å². The van der Waals surface area contributed by atoms with Gasteiger partial charge in [0.05, 0.1) is 0 Å². The van der Waals surface area contributed by atoms with Crippen molar-refractivity contribution < 1.29 is 14.3 Å². The fourth-order valence-corrected chi connectivity index (χ4v) is 1.83. The van der Waals surface area contributed by atoms with Crippen LogP contribution in [0.5, 0.6) is 5.75 Å². The van der Waals surface area contributed by atoms with E-state index in [2.05, 4.69) is 12.2 Å². The highest BCUT2D eigenvalue weighted by Crippen LogP contribution is 2.19. The van der Waals surface area contributed by atoms with Gasteiger partial charge in [0.25, 0.3) is 5.91 Å². The van der Waals surface area contributed by atoms with E-state index in [1.54, 1.807) is 6.92 Å². The fourth-order valence-electron chi connectivity index (χ4n) is 1.83. The molecule has 0 radical (unpaired) electrons. The molecule has 1 amide bonds. The van der Waals surface area contributed by atoms with E-state index in [0.29, 0.717) is 19.8 Å². The molecule has 0 aromatic heterocycles. The Hall–Kier alpha value is -1.55. The van der Waals surface area contributed by atoms with Gasteiger partial charge < -0.3 is 14.8 Å². The molecule has 20 heavy (non-hydrogen) atoms. The predicted octanol–water partition coefficient (Wildman–Crippen LogP) is 2.56. The van der Waals surface area contributed by atoms with Crippen LogP contribution in [0.4, 0.5) is 0 Å². The molecule has 0 aliphatic heterocycles. The van der Waals surface area contributed by atoms with Gasteiger partial charge in [0.2, 0.25) is 0 Å². The topological polar surface area (TPSA) is 47.6 Å². The lowest BCUT2D eigenvalue weighted by Crippen LogP contribution is -2.37. The summed E-state index contributed by atoms with van der Waals surface area (Å²) < 4.78 is 11.0. The van der Waals surface area contributed by atoms with E-state index in [1.165, 1.54) is 0 Å². The molecule has 0 aliphatic rings. The molecule has 0 spiro atoms. The van der Waals surface area contributed by atoms with Gasteiger partial charge in [0.15, 0.2) is 6.10 Å². The van der Waals surface area contributed by atoms with Crippen LogP contribution < -0.4 is 10.1 Å². The number of ether oxygens (including phenoxy) is 2. The van der Waals surface area contributed by atoms with Crippen LogP contribution in [0.1, 0.15) is 32.8 Å². The third-order valence-electron chi connectivity index (χ3n) is 3.00. The van der Waals surface area contributed by atoms with Crippen LogP contribution in [0.2, 0.25) is 0 Å². The molecule has 112 valence electrons. The quantitative estimate of drug-likeness (QED) is 0.707. The highest BCUT2D eigenvalue weighted by Gasteiger charge is 2.15. The van der Waals surface area contributed by atoms with Crippen molar-refractivity contribution in [2.24, 2.45) is 0 Å². The number of hydrogen-bond acceptors (Lipinski definition) is 3. The number of amides is 1. The Labute approximate surface area is 121 Å². The van der Waals surface area contributed by atoms with Crippen molar-refractivity contribution >= 4 is 5.91 Å². The minimum atomic E-state index is -0.491. The van der Waals surface area contributed by atoms with E-state index in [4.69, 9.17) is 9.47 Å². The van der Waals surface area contributed by atoms with Gasteiger partial charge in [-0.15, -0.1) is 0 Å². The zero-order valence-corrected chi connectivity index (χ0v) is 12.6. The highest BCUT2D eigenvalue weighted by molar-refractivity contribution is 5.80. The summed E-state index contributed by atoms with van der Waals surface area (Å²) in [4.78, 5) is 11.9. The molecule has 1 N–H and O–H groups in total. The van der Waals surface area contributed by atoms with Crippen LogP contribution in [0.3, 0.4) is 0 Å². The second kappa shape index (κ2) is 9.37. The number of aryl methyl sites for hydroxylation is 1. The Morgan fingerprint density at radius 2 is 2.05 bits per heavy atom. The Morgan fingerprint density at radius 1 is 1.30 bits per heavy atom. The van der Waals surface area contributed by atoms with Gasteiger partial charge in [-0.1, -0.05) is 25.1 Å². The van der Waals surface area contributed by atoms with E-state index in [1.807, 2.05) is 31.2 Å². The molecule has 1 atom stereocenters. The van der Waals surface area contributed by atoms with Crippen molar-refractivity contribution in [1.29, 1.82) is 0 Å². The zero-order chi connectivity index (χ0) is 14.8. The lowest BCUT2D eigenvalue weighted by Gasteiger charge is -2.16. The molecule has 4 nitrogen and oxygen atoms in total. The largest absolute Gasteiger partial charge is 0.481 e. The summed E-state index contributed by atoms with van der Waals surface area (Å²) in [5.74, 6) is 0.694. The summed E-state index contributed by atoms with van der Waals surface area (Å²) in [5.41, 5.74) is 1.11. The molecular weight excluding hydrogens is 254 g/mol. The minimum Gasteiger partial charge on any atom is -0.481 e. The summed E-state index contributed by atoms with van der Waals surface area (Å²) in [5, 5.41) is 2.86. The van der Waals surface area contributed by atoms with Gasteiger partial charge in [0, 0.05) is 19.8 Å². The van der Waals surface area contributed by atoms with Crippen molar-refractivity contribution in [3.05, 3.63) is 29.8 Å². The predicted molar refractivity (Wildman–Crippen MR) is 80.0 cm³/mol. The first kappa shape index (κ1) is 16.5. The Morgan fingerprint density at radius 3 is 2.75 bits per heavy atom. The summed E-state index contributed by atoms with van der Waals surface area (Å²) in [7, 11) is 0. The molecule has 0 saturated carbocycles. The Kier molecular flexibility index (Phi) is 7.73. The van der Waals surface area contributed by atoms with E-state index in [0.717, 1.165) is 24.2 Å². The maximum atomic E-state index is 11.9. The summed E-state index contributed by atoms with van der Waals surface area (Å²) >= 11 is 0. The third kappa shape index (κ3) is 5.61. The minimum absolute atomic E-state index is 0.0904. The molecular formula is C16H25NO3. The summed E-state index contributed by atoms with van der Waals surface area (Å²) in [6, 6.07) is 7.81. The molecule has 0 saturated heterocycles. The number of para-hydroxylation sites is 1. The van der Waals surface area contributed by atoms with Gasteiger partial charge in [-0.2, -0.15) is 0 Å². The number of nitrogens with one attached hydrogen (secondary N) is 1. The van der Waals surface area contributed by atoms with Crippen molar-refractivity contribution in [2.75, 3.05) is 19.8 Å². The maximum absolute atomic E-state index is 11.9.